The maximum Gasteiger partial charge on any atom is 0.308 e. The molecule has 0 atom stereocenters. The molecule has 0 unspecified atom stereocenters. The number of rotatable bonds is 3. The average molecular weight is 306 g/mol. The van der Waals surface area contributed by atoms with Crippen molar-refractivity contribution >= 4 is 22.6 Å². The van der Waals surface area contributed by atoms with E-state index in [2.05, 4.69) is 4.98 Å². The van der Waals surface area contributed by atoms with Gasteiger partial charge in [-0.05, 0) is 32.6 Å². The van der Waals surface area contributed by atoms with Crippen LogP contribution in [0, 0.1) is 21.8 Å². The number of Topliss-reactive ketones (excluding diaryl/α,β-unsaturated/α-hetero) is 1. The molecule has 1 aliphatic rings. The number of fused-ring (bicyclic) bond motifs is 1. The normalized spacial score (nSPS) is 21.9. The third kappa shape index (κ3) is 2.58. The molecule has 0 bridgehead atoms. The first-order valence-corrected chi connectivity index (χ1v) is 7.20. The number of carbonyl (C=O) groups excluding carboxylic acids is 1. The monoisotopic (exact) mass is 306 g/mol. The first-order chi connectivity index (χ1) is 10.5. The molecule has 2 aromatic rings. The Bertz CT molecular complexity index is 747. The molecule has 22 heavy (non-hydrogen) atoms. The molecular weight excluding hydrogens is 291 g/mol. The van der Waals surface area contributed by atoms with Crippen LogP contribution in [0.15, 0.2) is 16.5 Å². The van der Waals surface area contributed by atoms with Gasteiger partial charge in [-0.1, -0.05) is 0 Å². The summed E-state index contributed by atoms with van der Waals surface area (Å²) in [6.07, 6.45) is 3.13. The van der Waals surface area contributed by atoms with Crippen LogP contribution in [-0.2, 0) is 4.79 Å². The van der Waals surface area contributed by atoms with E-state index in [1.165, 1.54) is 0 Å². The van der Waals surface area contributed by atoms with Crippen molar-refractivity contribution in [1.82, 2.24) is 4.98 Å². The van der Waals surface area contributed by atoms with Gasteiger partial charge in [0, 0.05) is 17.9 Å². The Labute approximate surface area is 125 Å². The van der Waals surface area contributed by atoms with Gasteiger partial charge in [0.15, 0.2) is 11.5 Å². The summed E-state index contributed by atoms with van der Waals surface area (Å²) in [5, 5.41) is 10.7. The Hall–Kier alpha value is -2.31. The molecule has 0 amide bonds. The van der Waals surface area contributed by atoms with E-state index in [-0.39, 0.29) is 28.7 Å². The number of nitro benzene ring substituents is 1. The Kier molecular flexibility index (Phi) is 3.64. The third-order valence-electron chi connectivity index (χ3n) is 4.32. The molecule has 6 nitrogen and oxygen atoms in total. The summed E-state index contributed by atoms with van der Waals surface area (Å²) in [6, 6.07) is 2.10. The first-order valence-electron chi connectivity index (χ1n) is 7.20. The van der Waals surface area contributed by atoms with Crippen LogP contribution < -0.4 is 0 Å². The standard InChI is InChI=1S/C15H15FN2O4/c1-8(19)9-2-4-10(5-3-9)15-17-12-6-11(16)13(18(20)21)7-14(12)22-15/h6-7,9-10H,2-5H2,1H3. The number of halogens is 1. The second-order valence-electron chi connectivity index (χ2n) is 5.74. The first kappa shape index (κ1) is 14.6. The predicted molar refractivity (Wildman–Crippen MR) is 76.0 cm³/mol. The predicted octanol–water partition coefficient (Wildman–Crippen LogP) is 3.74. The van der Waals surface area contributed by atoms with E-state index < -0.39 is 16.4 Å². The lowest BCUT2D eigenvalue weighted by Crippen LogP contribution is -2.19. The molecule has 7 heteroatoms. The lowest BCUT2D eigenvalue weighted by molar-refractivity contribution is -0.387. The second kappa shape index (κ2) is 5.47. The van der Waals surface area contributed by atoms with Gasteiger partial charge < -0.3 is 4.42 Å². The molecule has 1 fully saturated rings. The van der Waals surface area contributed by atoms with Crippen molar-refractivity contribution in [3.05, 3.63) is 34.0 Å². The minimum absolute atomic E-state index is 0.0742. The van der Waals surface area contributed by atoms with Crippen LogP contribution in [0.4, 0.5) is 10.1 Å². The van der Waals surface area contributed by atoms with Crippen molar-refractivity contribution in [2.75, 3.05) is 0 Å². The van der Waals surface area contributed by atoms with Crippen LogP contribution in [0.3, 0.4) is 0 Å². The summed E-state index contributed by atoms with van der Waals surface area (Å²) in [5.41, 5.74) is -0.112. The Morgan fingerprint density at radius 1 is 1.36 bits per heavy atom. The molecule has 0 spiro atoms. The average Bonchev–Trinajstić information content (AvgIpc) is 2.89. The number of benzene rings is 1. The number of nitro groups is 1. The third-order valence-corrected chi connectivity index (χ3v) is 4.32. The van der Waals surface area contributed by atoms with Gasteiger partial charge in [0.25, 0.3) is 0 Å². The number of ketones is 1. The lowest BCUT2D eigenvalue weighted by atomic mass is 9.80. The van der Waals surface area contributed by atoms with Crippen LogP contribution in [0.1, 0.15) is 44.4 Å². The zero-order valence-corrected chi connectivity index (χ0v) is 12.0. The van der Waals surface area contributed by atoms with E-state index >= 15 is 0 Å². The van der Waals surface area contributed by atoms with Gasteiger partial charge in [-0.15, -0.1) is 0 Å². The molecule has 1 heterocycles. The molecule has 3 rings (SSSR count). The van der Waals surface area contributed by atoms with E-state index in [4.69, 9.17) is 4.42 Å². The van der Waals surface area contributed by atoms with Gasteiger partial charge in [-0.2, -0.15) is 4.39 Å². The summed E-state index contributed by atoms with van der Waals surface area (Å²) < 4.78 is 19.2. The second-order valence-corrected chi connectivity index (χ2v) is 5.74. The summed E-state index contributed by atoms with van der Waals surface area (Å²) in [6.45, 7) is 1.60. The fourth-order valence-electron chi connectivity index (χ4n) is 3.02. The Morgan fingerprint density at radius 2 is 2.05 bits per heavy atom. The van der Waals surface area contributed by atoms with Crippen molar-refractivity contribution in [1.29, 1.82) is 0 Å². The number of hydrogen-bond acceptors (Lipinski definition) is 5. The topological polar surface area (TPSA) is 86.2 Å². The zero-order valence-electron chi connectivity index (χ0n) is 12.0. The Morgan fingerprint density at radius 3 is 2.64 bits per heavy atom. The van der Waals surface area contributed by atoms with Gasteiger partial charge in [0.05, 0.1) is 11.0 Å². The summed E-state index contributed by atoms with van der Waals surface area (Å²) >= 11 is 0. The summed E-state index contributed by atoms with van der Waals surface area (Å²) in [4.78, 5) is 25.6. The van der Waals surface area contributed by atoms with Crippen LogP contribution in [0.5, 0.6) is 0 Å². The van der Waals surface area contributed by atoms with E-state index in [9.17, 15) is 19.3 Å². The highest BCUT2D eigenvalue weighted by molar-refractivity contribution is 5.78. The number of hydrogen-bond donors (Lipinski definition) is 0. The molecule has 0 aliphatic heterocycles. The van der Waals surface area contributed by atoms with Gasteiger partial charge in [0.2, 0.25) is 5.82 Å². The van der Waals surface area contributed by atoms with Gasteiger partial charge in [-0.3, -0.25) is 14.9 Å². The van der Waals surface area contributed by atoms with Crippen molar-refractivity contribution in [2.24, 2.45) is 5.92 Å². The number of aromatic nitrogens is 1. The molecule has 0 radical (unpaired) electrons. The smallest absolute Gasteiger partial charge is 0.308 e. The largest absolute Gasteiger partial charge is 0.440 e. The molecule has 0 saturated heterocycles. The van der Waals surface area contributed by atoms with Crippen LogP contribution in [0.25, 0.3) is 11.1 Å². The van der Waals surface area contributed by atoms with Crippen molar-refractivity contribution < 1.29 is 18.5 Å². The van der Waals surface area contributed by atoms with E-state index in [1.54, 1.807) is 6.92 Å². The van der Waals surface area contributed by atoms with Crippen molar-refractivity contribution in [3.8, 4) is 0 Å². The van der Waals surface area contributed by atoms with Crippen LogP contribution in [-0.4, -0.2) is 15.7 Å². The number of nitrogens with zero attached hydrogens (tertiary/aromatic N) is 2. The van der Waals surface area contributed by atoms with Gasteiger partial charge in [-0.25, -0.2) is 4.98 Å². The molecule has 1 aliphatic carbocycles. The lowest BCUT2D eigenvalue weighted by Gasteiger charge is -2.24. The molecule has 1 aromatic heterocycles. The maximum atomic E-state index is 13.6. The van der Waals surface area contributed by atoms with E-state index in [0.717, 1.165) is 37.8 Å². The van der Waals surface area contributed by atoms with E-state index in [1.807, 2.05) is 0 Å². The Balaban J connectivity index is 1.87. The molecule has 116 valence electrons. The quantitative estimate of drug-likeness (QED) is 0.637. The fraction of sp³-hybridized carbons (Fsp3) is 0.467. The maximum absolute atomic E-state index is 13.6. The van der Waals surface area contributed by atoms with Gasteiger partial charge in [0.1, 0.15) is 11.3 Å². The highest BCUT2D eigenvalue weighted by Crippen LogP contribution is 2.37. The van der Waals surface area contributed by atoms with Crippen molar-refractivity contribution in [3.63, 3.8) is 0 Å². The highest BCUT2D eigenvalue weighted by atomic mass is 19.1. The van der Waals surface area contributed by atoms with E-state index in [0.29, 0.717) is 5.89 Å². The minimum atomic E-state index is -0.919. The van der Waals surface area contributed by atoms with Crippen molar-refractivity contribution in [2.45, 2.75) is 38.5 Å². The number of carbonyl (C=O) groups is 1. The summed E-state index contributed by atoms with van der Waals surface area (Å²) in [5.74, 6) is -0.0764. The minimum Gasteiger partial charge on any atom is -0.440 e. The summed E-state index contributed by atoms with van der Waals surface area (Å²) in [7, 11) is 0. The molecule has 1 aromatic carbocycles. The fourth-order valence-corrected chi connectivity index (χ4v) is 3.02. The molecule has 1 saturated carbocycles. The van der Waals surface area contributed by atoms with Crippen LogP contribution in [0.2, 0.25) is 0 Å². The molecule has 0 N–H and O–H groups in total. The zero-order chi connectivity index (χ0) is 15.9. The van der Waals surface area contributed by atoms with Crippen LogP contribution >= 0.6 is 0 Å². The number of oxazole rings is 1. The van der Waals surface area contributed by atoms with Gasteiger partial charge >= 0.3 is 5.69 Å². The SMILES string of the molecule is CC(=O)C1CCC(c2nc3cc(F)c([N+](=O)[O-])cc3o2)CC1. The highest BCUT2D eigenvalue weighted by Gasteiger charge is 2.28. The molecular formula is C15H15FN2O4.